The number of rotatable bonds is 7. The molecule has 0 heterocycles. The van der Waals surface area contributed by atoms with Crippen LogP contribution in [-0.2, 0) is 4.79 Å². The van der Waals surface area contributed by atoms with E-state index in [0.29, 0.717) is 12.1 Å². The number of halogens is 1. The van der Waals surface area contributed by atoms with Crippen LogP contribution >= 0.6 is 12.4 Å². The van der Waals surface area contributed by atoms with Crippen LogP contribution in [0.2, 0.25) is 0 Å². The Morgan fingerprint density at radius 2 is 1.80 bits per heavy atom. The van der Waals surface area contributed by atoms with E-state index in [0.717, 1.165) is 12.0 Å². The van der Waals surface area contributed by atoms with Crippen LogP contribution in [0.4, 0.5) is 0 Å². The molecule has 0 fully saturated rings. The number of benzene rings is 1. The summed E-state index contributed by atoms with van der Waals surface area (Å²) in [4.78, 5) is 23.4. The van der Waals surface area contributed by atoms with E-state index in [1.165, 1.54) is 0 Å². The van der Waals surface area contributed by atoms with Gasteiger partial charge in [0.2, 0.25) is 5.91 Å². The number of aryl methyl sites for hydroxylation is 1. The van der Waals surface area contributed by atoms with Gasteiger partial charge in [-0.1, -0.05) is 29.8 Å². The summed E-state index contributed by atoms with van der Waals surface area (Å²) < 4.78 is 0. The SMILES string of the molecule is Cc1ccc(C(=O)CCC(=O)NCCC(C)N)cc1.Cl. The zero-order valence-corrected chi connectivity index (χ0v) is 12.8. The Morgan fingerprint density at radius 1 is 1.20 bits per heavy atom. The highest BCUT2D eigenvalue weighted by Crippen LogP contribution is 2.07. The number of nitrogens with two attached hydrogens (primary N) is 1. The largest absolute Gasteiger partial charge is 0.356 e. The molecule has 1 aromatic rings. The van der Waals surface area contributed by atoms with Crippen molar-refractivity contribution in [3.63, 3.8) is 0 Å². The van der Waals surface area contributed by atoms with Gasteiger partial charge in [0, 0.05) is 31.0 Å². The van der Waals surface area contributed by atoms with Crippen LogP contribution in [0, 0.1) is 6.92 Å². The highest BCUT2D eigenvalue weighted by Gasteiger charge is 2.09. The molecule has 0 aliphatic carbocycles. The van der Waals surface area contributed by atoms with Crippen molar-refractivity contribution >= 4 is 24.1 Å². The van der Waals surface area contributed by atoms with Crippen molar-refractivity contribution in [2.75, 3.05) is 6.54 Å². The Kier molecular flexibility index (Phi) is 8.84. The highest BCUT2D eigenvalue weighted by molar-refractivity contribution is 5.97. The maximum absolute atomic E-state index is 11.8. The van der Waals surface area contributed by atoms with Crippen LogP contribution in [-0.4, -0.2) is 24.3 Å². The predicted octanol–water partition coefficient (Wildman–Crippen LogP) is 2.23. The summed E-state index contributed by atoms with van der Waals surface area (Å²) in [6.07, 6.45) is 1.22. The molecule has 0 saturated carbocycles. The number of Topliss-reactive ketones (excluding diaryl/α,β-unsaturated/α-hetero) is 1. The first-order valence-corrected chi connectivity index (χ1v) is 6.61. The molecule has 0 bridgehead atoms. The van der Waals surface area contributed by atoms with Gasteiger partial charge < -0.3 is 11.1 Å². The molecule has 0 aromatic heterocycles. The molecule has 0 saturated heterocycles. The third-order valence-electron chi connectivity index (χ3n) is 2.87. The lowest BCUT2D eigenvalue weighted by molar-refractivity contribution is -0.121. The second-order valence-corrected chi connectivity index (χ2v) is 4.91. The number of nitrogens with one attached hydrogen (secondary N) is 1. The van der Waals surface area contributed by atoms with Crippen molar-refractivity contribution in [2.24, 2.45) is 5.73 Å². The minimum Gasteiger partial charge on any atom is -0.356 e. The minimum absolute atomic E-state index is 0. The Morgan fingerprint density at radius 3 is 2.35 bits per heavy atom. The molecule has 0 aliphatic rings. The monoisotopic (exact) mass is 298 g/mol. The molecule has 4 nitrogen and oxygen atoms in total. The van der Waals surface area contributed by atoms with Crippen molar-refractivity contribution in [2.45, 2.75) is 39.2 Å². The van der Waals surface area contributed by atoms with E-state index in [2.05, 4.69) is 5.32 Å². The molecule has 1 amide bonds. The van der Waals surface area contributed by atoms with Gasteiger partial charge >= 0.3 is 0 Å². The topological polar surface area (TPSA) is 72.2 Å². The van der Waals surface area contributed by atoms with Crippen LogP contribution in [0.5, 0.6) is 0 Å². The van der Waals surface area contributed by atoms with E-state index in [4.69, 9.17) is 5.73 Å². The van der Waals surface area contributed by atoms with Crippen molar-refractivity contribution in [1.29, 1.82) is 0 Å². The Labute approximate surface area is 126 Å². The third-order valence-corrected chi connectivity index (χ3v) is 2.87. The average molecular weight is 299 g/mol. The molecular weight excluding hydrogens is 276 g/mol. The average Bonchev–Trinajstić information content (AvgIpc) is 2.36. The number of carbonyl (C=O) groups is 2. The molecule has 20 heavy (non-hydrogen) atoms. The summed E-state index contributed by atoms with van der Waals surface area (Å²) in [5, 5.41) is 2.76. The van der Waals surface area contributed by atoms with Crippen molar-refractivity contribution in [3.05, 3.63) is 35.4 Å². The number of hydrogen-bond donors (Lipinski definition) is 2. The summed E-state index contributed by atoms with van der Waals surface area (Å²) in [6.45, 7) is 4.43. The Bertz CT molecular complexity index is 430. The molecule has 0 radical (unpaired) electrons. The number of carbonyl (C=O) groups excluding carboxylic acids is 2. The van der Waals surface area contributed by atoms with Gasteiger partial charge in [0.05, 0.1) is 0 Å². The molecule has 5 heteroatoms. The van der Waals surface area contributed by atoms with E-state index >= 15 is 0 Å². The highest BCUT2D eigenvalue weighted by atomic mass is 35.5. The van der Waals surface area contributed by atoms with Gasteiger partial charge in [-0.3, -0.25) is 9.59 Å². The van der Waals surface area contributed by atoms with Crippen molar-refractivity contribution in [3.8, 4) is 0 Å². The smallest absolute Gasteiger partial charge is 0.220 e. The molecule has 1 aromatic carbocycles. The number of ketones is 1. The first kappa shape index (κ1) is 18.6. The molecule has 112 valence electrons. The number of amides is 1. The van der Waals surface area contributed by atoms with E-state index in [-0.39, 0.29) is 43.0 Å². The summed E-state index contributed by atoms with van der Waals surface area (Å²) in [5.41, 5.74) is 7.36. The molecule has 1 unspecified atom stereocenters. The zero-order chi connectivity index (χ0) is 14.3. The maximum atomic E-state index is 11.8. The maximum Gasteiger partial charge on any atom is 0.220 e. The fourth-order valence-corrected chi connectivity index (χ4v) is 1.64. The lowest BCUT2D eigenvalue weighted by Gasteiger charge is -2.07. The van der Waals surface area contributed by atoms with E-state index in [1.54, 1.807) is 12.1 Å². The van der Waals surface area contributed by atoms with E-state index < -0.39 is 0 Å². The second kappa shape index (κ2) is 9.50. The molecule has 1 rings (SSSR count). The first-order valence-electron chi connectivity index (χ1n) is 6.61. The fourth-order valence-electron chi connectivity index (χ4n) is 1.64. The van der Waals surface area contributed by atoms with Crippen LogP contribution in [0.3, 0.4) is 0 Å². The Hall–Kier alpha value is -1.39. The predicted molar refractivity (Wildman–Crippen MR) is 83.3 cm³/mol. The molecule has 3 N–H and O–H groups in total. The molecular formula is C15H23ClN2O2. The molecule has 0 spiro atoms. The Balaban J connectivity index is 0.00000361. The van der Waals surface area contributed by atoms with Crippen LogP contribution in [0.15, 0.2) is 24.3 Å². The first-order chi connectivity index (χ1) is 8.99. The minimum atomic E-state index is -0.0962. The van der Waals surface area contributed by atoms with E-state index in [1.807, 2.05) is 26.0 Å². The van der Waals surface area contributed by atoms with Crippen molar-refractivity contribution in [1.82, 2.24) is 5.32 Å². The second-order valence-electron chi connectivity index (χ2n) is 4.91. The third kappa shape index (κ3) is 7.26. The van der Waals surface area contributed by atoms with Gasteiger partial charge in [-0.15, -0.1) is 12.4 Å². The zero-order valence-electron chi connectivity index (χ0n) is 12.0. The van der Waals surface area contributed by atoms with Crippen LogP contribution in [0.1, 0.15) is 42.1 Å². The summed E-state index contributed by atoms with van der Waals surface area (Å²) in [6, 6.07) is 7.47. The number of hydrogen-bond acceptors (Lipinski definition) is 3. The summed E-state index contributed by atoms with van der Waals surface area (Å²) in [7, 11) is 0. The lowest BCUT2D eigenvalue weighted by atomic mass is 10.0. The van der Waals surface area contributed by atoms with Gasteiger partial charge in [-0.2, -0.15) is 0 Å². The summed E-state index contributed by atoms with van der Waals surface area (Å²) in [5.74, 6) is -0.0940. The normalized spacial score (nSPS) is 11.3. The standard InChI is InChI=1S/C15H22N2O2.ClH/c1-11-3-5-13(6-4-11)14(18)7-8-15(19)17-10-9-12(2)16;/h3-6,12H,7-10,16H2,1-2H3,(H,17,19);1H. The van der Waals surface area contributed by atoms with Crippen LogP contribution in [0.25, 0.3) is 0 Å². The van der Waals surface area contributed by atoms with Crippen LogP contribution < -0.4 is 11.1 Å². The molecule has 0 aliphatic heterocycles. The fraction of sp³-hybridized carbons (Fsp3) is 0.467. The van der Waals surface area contributed by atoms with Crippen molar-refractivity contribution < 1.29 is 9.59 Å². The quantitative estimate of drug-likeness (QED) is 0.758. The van der Waals surface area contributed by atoms with Gasteiger partial charge in [-0.05, 0) is 20.3 Å². The lowest BCUT2D eigenvalue weighted by Crippen LogP contribution is -2.29. The molecule has 1 atom stereocenters. The van der Waals surface area contributed by atoms with Gasteiger partial charge in [0.25, 0.3) is 0 Å². The van der Waals surface area contributed by atoms with Gasteiger partial charge in [0.15, 0.2) is 5.78 Å². The van der Waals surface area contributed by atoms with E-state index in [9.17, 15) is 9.59 Å². The summed E-state index contributed by atoms with van der Waals surface area (Å²) >= 11 is 0. The van der Waals surface area contributed by atoms with Gasteiger partial charge in [-0.25, -0.2) is 0 Å². The van der Waals surface area contributed by atoms with Gasteiger partial charge in [0.1, 0.15) is 0 Å².